The van der Waals surface area contributed by atoms with Crippen LogP contribution in [0.5, 0.6) is 17.2 Å². The molecule has 2 aromatic heterocycles. The molecule has 2 atom stereocenters. The van der Waals surface area contributed by atoms with Crippen LogP contribution in [0.3, 0.4) is 0 Å². The molecule has 4 aromatic rings. The van der Waals surface area contributed by atoms with Crippen molar-refractivity contribution in [1.82, 2.24) is 14.5 Å². The molecule has 1 aliphatic carbocycles. The van der Waals surface area contributed by atoms with E-state index in [4.69, 9.17) is 9.47 Å². The molecule has 3 amide bonds. The number of aliphatic hydroxyl groups excluding tert-OH is 1. The predicted octanol–water partition coefficient (Wildman–Crippen LogP) is 5.19. The van der Waals surface area contributed by atoms with Crippen molar-refractivity contribution in [3.05, 3.63) is 101 Å². The Morgan fingerprint density at radius 1 is 0.978 bits per heavy atom. The van der Waals surface area contributed by atoms with E-state index in [0.717, 1.165) is 12.1 Å². The van der Waals surface area contributed by atoms with Crippen molar-refractivity contribution in [2.75, 3.05) is 30.3 Å². The Morgan fingerprint density at radius 3 is 2.43 bits per heavy atom. The van der Waals surface area contributed by atoms with Gasteiger partial charge in [-0.3, -0.25) is 19.5 Å². The third-order valence-electron chi connectivity index (χ3n) is 8.09. The molecule has 0 radical (unpaired) electrons. The standard InChI is InChI=1S/C33H31F2N5O6/c1-2-45-27-9-11-40(21-6-4-3-5-7-21)32(43)30(27)31(42)37-26-15-25(35)28(16-24(26)34)46-23-8-10-36-29(14-23)38-33(44)39-17-19-12-22(41)13-20(19)18-39/h3-11,14-16,19-20,22,41H,2,12-13,17-18H2,1H3,(H,37,42)(H,36,38,44). The molecule has 1 saturated carbocycles. The number of urea groups is 1. The van der Waals surface area contributed by atoms with Gasteiger partial charge < -0.3 is 24.8 Å². The number of amides is 3. The summed E-state index contributed by atoms with van der Waals surface area (Å²) in [5.41, 5.74) is -1.10. The number of rotatable bonds is 8. The normalized spacial score (nSPS) is 18.6. The quantitative estimate of drug-likeness (QED) is 0.244. The smallest absolute Gasteiger partial charge is 0.323 e. The molecule has 1 aliphatic heterocycles. The molecule has 6 rings (SSSR count). The molecule has 0 bridgehead atoms. The van der Waals surface area contributed by atoms with E-state index in [0.29, 0.717) is 31.6 Å². The zero-order chi connectivity index (χ0) is 32.4. The molecule has 46 heavy (non-hydrogen) atoms. The van der Waals surface area contributed by atoms with Crippen LogP contribution in [0.4, 0.5) is 25.1 Å². The number of nitrogens with zero attached hydrogens (tertiary/aromatic N) is 3. The molecular formula is C33H31F2N5O6. The van der Waals surface area contributed by atoms with Gasteiger partial charge in [0, 0.05) is 49.4 Å². The summed E-state index contributed by atoms with van der Waals surface area (Å²) < 4.78 is 42.6. The van der Waals surface area contributed by atoms with Crippen molar-refractivity contribution in [2.45, 2.75) is 25.9 Å². The number of nitrogens with one attached hydrogen (secondary N) is 2. The number of aromatic nitrogens is 2. The molecule has 3 heterocycles. The van der Waals surface area contributed by atoms with E-state index in [1.165, 1.54) is 35.2 Å². The summed E-state index contributed by atoms with van der Waals surface area (Å²) in [7, 11) is 0. The van der Waals surface area contributed by atoms with Gasteiger partial charge in [-0.1, -0.05) is 18.2 Å². The van der Waals surface area contributed by atoms with Gasteiger partial charge in [0.25, 0.3) is 11.5 Å². The summed E-state index contributed by atoms with van der Waals surface area (Å²) in [6.45, 7) is 2.92. The number of hydrogen-bond donors (Lipinski definition) is 3. The molecule has 2 aromatic carbocycles. The van der Waals surface area contributed by atoms with E-state index in [-0.39, 0.29) is 53.5 Å². The van der Waals surface area contributed by atoms with E-state index in [1.54, 1.807) is 42.2 Å². The second-order valence-corrected chi connectivity index (χ2v) is 11.2. The first-order chi connectivity index (χ1) is 22.2. The minimum atomic E-state index is -1.02. The Bertz CT molecular complexity index is 1820. The molecule has 3 N–H and O–H groups in total. The summed E-state index contributed by atoms with van der Waals surface area (Å²) >= 11 is 0. The van der Waals surface area contributed by atoms with Gasteiger partial charge in [-0.25, -0.2) is 18.6 Å². The third kappa shape index (κ3) is 6.40. The van der Waals surface area contributed by atoms with Crippen LogP contribution in [-0.4, -0.2) is 57.3 Å². The number of hydrogen-bond acceptors (Lipinski definition) is 7. The summed E-state index contributed by atoms with van der Waals surface area (Å²) in [5, 5.41) is 14.8. The molecule has 13 heteroatoms. The van der Waals surface area contributed by atoms with Crippen LogP contribution in [0.2, 0.25) is 0 Å². The van der Waals surface area contributed by atoms with Crippen molar-refractivity contribution in [3.63, 3.8) is 0 Å². The van der Waals surface area contributed by atoms with Crippen molar-refractivity contribution in [3.8, 4) is 22.9 Å². The van der Waals surface area contributed by atoms with Gasteiger partial charge in [0.05, 0.1) is 18.4 Å². The van der Waals surface area contributed by atoms with Crippen molar-refractivity contribution < 1.29 is 33.0 Å². The SMILES string of the molecule is CCOc1ccn(-c2ccccc2)c(=O)c1C(=O)Nc1cc(F)c(Oc2ccnc(NC(=O)N3CC4CC(O)CC4C3)c2)cc1F. The van der Waals surface area contributed by atoms with Gasteiger partial charge in [0.15, 0.2) is 17.4 Å². The summed E-state index contributed by atoms with van der Waals surface area (Å²) in [6.07, 6.45) is 3.84. The van der Waals surface area contributed by atoms with Crippen LogP contribution in [0, 0.1) is 23.5 Å². The number of likely N-dealkylation sites (tertiary alicyclic amines) is 1. The monoisotopic (exact) mass is 631 g/mol. The van der Waals surface area contributed by atoms with Gasteiger partial charge in [0.2, 0.25) is 0 Å². The number of para-hydroxylation sites is 1. The van der Waals surface area contributed by atoms with Crippen LogP contribution in [-0.2, 0) is 0 Å². The molecule has 2 fully saturated rings. The fourth-order valence-corrected chi connectivity index (χ4v) is 5.98. The molecular weight excluding hydrogens is 600 g/mol. The Labute approximate surface area is 262 Å². The predicted molar refractivity (Wildman–Crippen MR) is 165 cm³/mol. The van der Waals surface area contributed by atoms with Crippen LogP contribution in [0.25, 0.3) is 5.69 Å². The number of ether oxygens (including phenoxy) is 2. The molecule has 0 spiro atoms. The highest BCUT2D eigenvalue weighted by molar-refractivity contribution is 6.06. The highest BCUT2D eigenvalue weighted by Gasteiger charge is 2.41. The zero-order valence-electron chi connectivity index (χ0n) is 24.8. The number of pyridine rings is 2. The van der Waals surface area contributed by atoms with Crippen LogP contribution in [0.15, 0.2) is 77.9 Å². The highest BCUT2D eigenvalue weighted by Crippen LogP contribution is 2.38. The maximum absolute atomic E-state index is 15.2. The molecule has 11 nitrogen and oxygen atoms in total. The molecule has 2 unspecified atom stereocenters. The number of benzene rings is 2. The van der Waals surface area contributed by atoms with Crippen LogP contribution < -0.4 is 25.7 Å². The van der Waals surface area contributed by atoms with Crippen molar-refractivity contribution >= 4 is 23.4 Å². The van der Waals surface area contributed by atoms with E-state index >= 15 is 8.78 Å². The average molecular weight is 632 g/mol. The van der Waals surface area contributed by atoms with E-state index in [1.807, 2.05) is 0 Å². The average Bonchev–Trinajstić information content (AvgIpc) is 3.58. The van der Waals surface area contributed by atoms with E-state index in [9.17, 15) is 19.5 Å². The van der Waals surface area contributed by atoms with E-state index < -0.39 is 34.5 Å². The molecule has 1 saturated heterocycles. The van der Waals surface area contributed by atoms with Gasteiger partial charge in [-0.2, -0.15) is 0 Å². The van der Waals surface area contributed by atoms with Crippen molar-refractivity contribution in [2.24, 2.45) is 11.8 Å². The lowest BCUT2D eigenvalue weighted by molar-refractivity contribution is 0.102. The highest BCUT2D eigenvalue weighted by atomic mass is 19.1. The van der Waals surface area contributed by atoms with Gasteiger partial charge in [-0.15, -0.1) is 0 Å². The third-order valence-corrected chi connectivity index (χ3v) is 8.09. The number of carbonyl (C=O) groups excluding carboxylic acids is 2. The maximum Gasteiger partial charge on any atom is 0.323 e. The van der Waals surface area contributed by atoms with Gasteiger partial charge >= 0.3 is 6.03 Å². The zero-order valence-corrected chi connectivity index (χ0v) is 24.8. The first-order valence-electron chi connectivity index (χ1n) is 14.8. The summed E-state index contributed by atoms with van der Waals surface area (Å²) in [5.74, 6) is -2.73. The number of halogens is 2. The number of carbonyl (C=O) groups is 2. The second-order valence-electron chi connectivity index (χ2n) is 11.2. The maximum atomic E-state index is 15.2. The fraction of sp³-hybridized carbons (Fsp3) is 0.273. The summed E-state index contributed by atoms with van der Waals surface area (Å²) in [4.78, 5) is 45.2. The lowest BCUT2D eigenvalue weighted by Crippen LogP contribution is -2.34. The lowest BCUT2D eigenvalue weighted by Gasteiger charge is -2.18. The Kier molecular flexibility index (Phi) is 8.66. The van der Waals surface area contributed by atoms with Gasteiger partial charge in [-0.05, 0) is 55.9 Å². The first kappa shape index (κ1) is 30.7. The number of aliphatic hydroxyl groups is 1. The Hall–Kier alpha value is -5.30. The minimum Gasteiger partial charge on any atom is -0.493 e. The minimum absolute atomic E-state index is 0.00928. The number of anilines is 2. The summed E-state index contributed by atoms with van der Waals surface area (Å²) in [6, 6.07) is 14.0. The van der Waals surface area contributed by atoms with E-state index in [2.05, 4.69) is 15.6 Å². The first-order valence-corrected chi connectivity index (χ1v) is 14.8. The van der Waals surface area contributed by atoms with Crippen molar-refractivity contribution in [1.29, 1.82) is 0 Å². The lowest BCUT2D eigenvalue weighted by atomic mass is 10.0. The van der Waals surface area contributed by atoms with Crippen LogP contribution >= 0.6 is 0 Å². The largest absolute Gasteiger partial charge is 0.493 e. The van der Waals surface area contributed by atoms with Crippen LogP contribution in [0.1, 0.15) is 30.1 Å². The molecule has 2 aliphatic rings. The van der Waals surface area contributed by atoms with Gasteiger partial charge in [0.1, 0.15) is 22.9 Å². The second kappa shape index (κ2) is 13.0. The topological polar surface area (TPSA) is 135 Å². The fourth-order valence-electron chi connectivity index (χ4n) is 5.98. The molecule has 238 valence electrons. The Balaban J connectivity index is 1.16. The number of fused-ring (bicyclic) bond motifs is 1. The Morgan fingerprint density at radius 2 is 1.72 bits per heavy atom.